The molecular weight excluding hydrogens is 274 g/mol. The third-order valence-corrected chi connectivity index (χ3v) is 3.99. The van der Waals surface area contributed by atoms with Crippen molar-refractivity contribution in [1.29, 1.82) is 0 Å². The van der Waals surface area contributed by atoms with E-state index < -0.39 is 0 Å². The lowest BCUT2D eigenvalue weighted by Crippen LogP contribution is -2.26. The highest BCUT2D eigenvalue weighted by atomic mass is 16.3. The summed E-state index contributed by atoms with van der Waals surface area (Å²) in [7, 11) is 0. The molecule has 3 aromatic rings. The molecule has 0 fully saturated rings. The zero-order chi connectivity index (χ0) is 15.7. The molecule has 3 rings (SSSR count). The maximum Gasteiger partial charge on any atom is 0.251 e. The first-order valence-corrected chi connectivity index (χ1v) is 7.41. The van der Waals surface area contributed by atoms with Crippen LogP contribution >= 0.6 is 0 Å². The molecule has 0 spiro atoms. The Kier molecular flexibility index (Phi) is 3.72. The summed E-state index contributed by atoms with van der Waals surface area (Å²) in [4.78, 5) is 12.4. The first-order chi connectivity index (χ1) is 10.5. The van der Waals surface area contributed by atoms with Crippen LogP contribution in [0.15, 0.2) is 52.9 Å². The third-order valence-electron chi connectivity index (χ3n) is 3.99. The molecule has 0 aliphatic carbocycles. The standard InChI is InChI=1S/C19H19NO2/c1-12-8-9-16(10-13(12)2)19(21)20-14(3)18-11-15-6-4-5-7-17(15)22-18/h4-11,14H,1-3H3,(H,20,21)/t14-/m0/s1. The fourth-order valence-corrected chi connectivity index (χ4v) is 2.45. The van der Waals surface area contributed by atoms with Crippen LogP contribution in [0.4, 0.5) is 0 Å². The lowest BCUT2D eigenvalue weighted by Gasteiger charge is -2.12. The molecule has 0 unspecified atom stereocenters. The number of fused-ring (bicyclic) bond motifs is 1. The monoisotopic (exact) mass is 293 g/mol. The summed E-state index contributed by atoms with van der Waals surface area (Å²) in [6, 6.07) is 15.4. The van der Waals surface area contributed by atoms with Crippen molar-refractivity contribution in [2.24, 2.45) is 0 Å². The molecule has 0 aliphatic heterocycles. The van der Waals surface area contributed by atoms with E-state index in [2.05, 4.69) is 5.32 Å². The van der Waals surface area contributed by atoms with Gasteiger partial charge in [-0.25, -0.2) is 0 Å². The number of benzene rings is 2. The Balaban J connectivity index is 1.79. The molecule has 0 saturated carbocycles. The fraction of sp³-hybridized carbons (Fsp3) is 0.211. The first kappa shape index (κ1) is 14.4. The first-order valence-electron chi connectivity index (χ1n) is 7.41. The molecule has 0 bridgehead atoms. The molecular formula is C19H19NO2. The summed E-state index contributed by atoms with van der Waals surface area (Å²) in [5, 5.41) is 4.03. The van der Waals surface area contributed by atoms with Crippen molar-refractivity contribution in [2.75, 3.05) is 0 Å². The van der Waals surface area contributed by atoms with Gasteiger partial charge in [0.25, 0.3) is 5.91 Å². The number of furan rings is 1. The topological polar surface area (TPSA) is 42.2 Å². The molecule has 1 amide bonds. The van der Waals surface area contributed by atoms with Crippen molar-refractivity contribution in [1.82, 2.24) is 5.32 Å². The Morgan fingerprint density at radius 1 is 1.05 bits per heavy atom. The second kappa shape index (κ2) is 5.68. The van der Waals surface area contributed by atoms with Crippen LogP contribution in [0.3, 0.4) is 0 Å². The van der Waals surface area contributed by atoms with E-state index in [1.54, 1.807) is 0 Å². The Labute approximate surface area is 130 Å². The van der Waals surface area contributed by atoms with E-state index in [-0.39, 0.29) is 11.9 Å². The van der Waals surface area contributed by atoms with E-state index in [1.165, 1.54) is 5.56 Å². The van der Waals surface area contributed by atoms with Gasteiger partial charge in [0.1, 0.15) is 11.3 Å². The van der Waals surface area contributed by atoms with Gasteiger partial charge in [0.05, 0.1) is 6.04 Å². The van der Waals surface area contributed by atoms with Gasteiger partial charge in [-0.3, -0.25) is 4.79 Å². The van der Waals surface area contributed by atoms with Crippen molar-refractivity contribution >= 4 is 16.9 Å². The molecule has 1 atom stereocenters. The second-order valence-electron chi connectivity index (χ2n) is 5.68. The minimum atomic E-state index is -0.179. The molecule has 0 saturated heterocycles. The zero-order valence-electron chi connectivity index (χ0n) is 13.0. The lowest BCUT2D eigenvalue weighted by atomic mass is 10.1. The number of carbonyl (C=O) groups excluding carboxylic acids is 1. The van der Waals surface area contributed by atoms with Crippen LogP contribution in [-0.2, 0) is 0 Å². The maximum atomic E-state index is 12.4. The number of hydrogen-bond donors (Lipinski definition) is 1. The lowest BCUT2D eigenvalue weighted by molar-refractivity contribution is 0.0935. The van der Waals surface area contributed by atoms with E-state index in [9.17, 15) is 4.79 Å². The summed E-state index contributed by atoms with van der Waals surface area (Å²) >= 11 is 0. The zero-order valence-corrected chi connectivity index (χ0v) is 13.0. The van der Waals surface area contributed by atoms with Crippen LogP contribution in [0.1, 0.15) is 40.2 Å². The van der Waals surface area contributed by atoms with Gasteiger partial charge in [0, 0.05) is 10.9 Å². The molecule has 0 aliphatic rings. The Morgan fingerprint density at radius 3 is 2.55 bits per heavy atom. The molecule has 3 nitrogen and oxygen atoms in total. The normalized spacial score (nSPS) is 12.3. The molecule has 1 N–H and O–H groups in total. The summed E-state index contributed by atoms with van der Waals surface area (Å²) in [6.45, 7) is 5.97. The van der Waals surface area contributed by atoms with E-state index in [1.807, 2.05) is 69.3 Å². The number of rotatable bonds is 3. The second-order valence-corrected chi connectivity index (χ2v) is 5.68. The van der Waals surface area contributed by atoms with Gasteiger partial charge in [-0.2, -0.15) is 0 Å². The molecule has 22 heavy (non-hydrogen) atoms. The number of carbonyl (C=O) groups is 1. The van der Waals surface area contributed by atoms with E-state index >= 15 is 0 Å². The van der Waals surface area contributed by atoms with Gasteiger partial charge >= 0.3 is 0 Å². The van der Waals surface area contributed by atoms with Gasteiger partial charge in [-0.05, 0) is 56.2 Å². The SMILES string of the molecule is Cc1ccc(C(=O)N[C@@H](C)c2cc3ccccc3o2)cc1C. The summed E-state index contributed by atoms with van der Waals surface area (Å²) in [5.41, 5.74) is 3.81. The maximum absolute atomic E-state index is 12.4. The summed E-state index contributed by atoms with van der Waals surface area (Å²) in [5.74, 6) is 0.675. The molecule has 3 heteroatoms. The van der Waals surface area contributed by atoms with Crippen LogP contribution in [0.25, 0.3) is 11.0 Å². The average Bonchev–Trinajstić information content (AvgIpc) is 2.94. The number of aryl methyl sites for hydroxylation is 2. The predicted molar refractivity (Wildman–Crippen MR) is 88.0 cm³/mol. The van der Waals surface area contributed by atoms with Gasteiger partial charge in [0.15, 0.2) is 0 Å². The highest BCUT2D eigenvalue weighted by Gasteiger charge is 2.15. The van der Waals surface area contributed by atoms with Gasteiger partial charge < -0.3 is 9.73 Å². The van der Waals surface area contributed by atoms with Crippen molar-refractivity contribution < 1.29 is 9.21 Å². The number of hydrogen-bond acceptors (Lipinski definition) is 2. The van der Waals surface area contributed by atoms with Crippen molar-refractivity contribution in [3.05, 3.63) is 71.0 Å². The predicted octanol–water partition coefficient (Wildman–Crippen LogP) is 4.54. The molecule has 2 aromatic carbocycles. The molecule has 112 valence electrons. The highest BCUT2D eigenvalue weighted by Crippen LogP contribution is 2.23. The molecule has 1 aromatic heterocycles. The quantitative estimate of drug-likeness (QED) is 0.770. The van der Waals surface area contributed by atoms with Gasteiger partial charge in [0.2, 0.25) is 0 Å². The summed E-state index contributed by atoms with van der Waals surface area (Å²) in [6.07, 6.45) is 0. The minimum absolute atomic E-state index is 0.0870. The molecule has 0 radical (unpaired) electrons. The average molecular weight is 293 g/mol. The van der Waals surface area contributed by atoms with Crippen molar-refractivity contribution in [3.63, 3.8) is 0 Å². The van der Waals surface area contributed by atoms with Gasteiger partial charge in [-0.1, -0.05) is 24.3 Å². The Bertz CT molecular complexity index is 799. The van der Waals surface area contributed by atoms with Crippen LogP contribution in [0.2, 0.25) is 0 Å². The summed E-state index contributed by atoms with van der Waals surface area (Å²) < 4.78 is 5.79. The van der Waals surface area contributed by atoms with Crippen LogP contribution in [0, 0.1) is 13.8 Å². The van der Waals surface area contributed by atoms with E-state index in [4.69, 9.17) is 4.42 Å². The minimum Gasteiger partial charge on any atom is -0.459 e. The number of nitrogens with one attached hydrogen (secondary N) is 1. The van der Waals surface area contributed by atoms with Crippen LogP contribution in [0.5, 0.6) is 0 Å². The van der Waals surface area contributed by atoms with Crippen molar-refractivity contribution in [3.8, 4) is 0 Å². The van der Waals surface area contributed by atoms with Crippen molar-refractivity contribution in [2.45, 2.75) is 26.8 Å². The Morgan fingerprint density at radius 2 is 1.82 bits per heavy atom. The largest absolute Gasteiger partial charge is 0.459 e. The number of amides is 1. The van der Waals surface area contributed by atoms with Crippen LogP contribution < -0.4 is 5.32 Å². The van der Waals surface area contributed by atoms with Gasteiger partial charge in [-0.15, -0.1) is 0 Å². The van der Waals surface area contributed by atoms with E-state index in [0.29, 0.717) is 5.56 Å². The smallest absolute Gasteiger partial charge is 0.251 e. The number of para-hydroxylation sites is 1. The van der Waals surface area contributed by atoms with Crippen LogP contribution in [-0.4, -0.2) is 5.91 Å². The van der Waals surface area contributed by atoms with E-state index in [0.717, 1.165) is 22.3 Å². The fourth-order valence-electron chi connectivity index (χ4n) is 2.45. The Hall–Kier alpha value is -2.55. The third kappa shape index (κ3) is 2.75. The highest BCUT2D eigenvalue weighted by molar-refractivity contribution is 5.94. The molecule has 1 heterocycles.